The van der Waals surface area contributed by atoms with E-state index < -0.39 is 5.91 Å². The van der Waals surface area contributed by atoms with Crippen molar-refractivity contribution in [2.45, 2.75) is 12.8 Å². The average Bonchev–Trinajstić information content (AvgIpc) is 2.97. The Morgan fingerprint density at radius 2 is 1.96 bits per heavy atom. The second-order valence-corrected chi connectivity index (χ2v) is 5.78. The van der Waals surface area contributed by atoms with Crippen LogP contribution < -0.4 is 5.73 Å². The molecule has 0 saturated carbocycles. The van der Waals surface area contributed by atoms with E-state index in [0.29, 0.717) is 0 Å². The van der Waals surface area contributed by atoms with Gasteiger partial charge >= 0.3 is 0 Å². The third-order valence-electron chi connectivity index (χ3n) is 4.19. The van der Waals surface area contributed by atoms with Crippen molar-refractivity contribution in [3.63, 3.8) is 0 Å². The quantitative estimate of drug-likeness (QED) is 0.790. The van der Waals surface area contributed by atoms with Gasteiger partial charge in [0, 0.05) is 11.3 Å². The highest BCUT2D eigenvalue weighted by atomic mass is 16.1. The first-order chi connectivity index (χ1) is 11.1. The molecule has 1 aromatic heterocycles. The normalized spacial score (nSPS) is 15.8. The van der Waals surface area contributed by atoms with Crippen molar-refractivity contribution < 1.29 is 4.79 Å². The van der Waals surface area contributed by atoms with Gasteiger partial charge in [0.05, 0.1) is 11.2 Å². The van der Waals surface area contributed by atoms with E-state index >= 15 is 0 Å². The van der Waals surface area contributed by atoms with Crippen LogP contribution in [0.5, 0.6) is 0 Å². The molecule has 1 aliphatic rings. The summed E-state index contributed by atoms with van der Waals surface area (Å²) in [6.07, 6.45) is 4.20. The summed E-state index contributed by atoms with van der Waals surface area (Å²) in [4.78, 5) is 20.4. The number of nitrogens with zero attached hydrogens (tertiary/aromatic N) is 2. The van der Waals surface area contributed by atoms with E-state index in [4.69, 9.17) is 5.73 Å². The Morgan fingerprint density at radius 1 is 1.13 bits per heavy atom. The summed E-state index contributed by atoms with van der Waals surface area (Å²) in [5.74, 6) is -0.533. The maximum atomic E-state index is 11.6. The van der Waals surface area contributed by atoms with Gasteiger partial charge in [0.15, 0.2) is 0 Å². The molecule has 0 spiro atoms. The lowest BCUT2D eigenvalue weighted by molar-refractivity contribution is 0.0990. The number of fused-ring (bicyclic) bond motifs is 2. The number of aromatic nitrogens is 2. The molecule has 4 rings (SSSR count). The molecule has 2 aromatic carbocycles. The molecule has 1 unspecified atom stereocenters. The average molecular weight is 301 g/mol. The highest BCUT2D eigenvalue weighted by Crippen LogP contribution is 2.37. The fourth-order valence-electron chi connectivity index (χ4n) is 3.10. The van der Waals surface area contributed by atoms with Crippen LogP contribution in [0, 0.1) is 6.92 Å². The number of carbonyl (C=O) groups excluding carboxylic acids is 1. The van der Waals surface area contributed by atoms with Crippen LogP contribution in [0.25, 0.3) is 17.0 Å². The van der Waals surface area contributed by atoms with Crippen LogP contribution in [0.4, 0.5) is 0 Å². The lowest BCUT2D eigenvalue weighted by atomic mass is 9.94. The van der Waals surface area contributed by atoms with Crippen molar-refractivity contribution in [1.82, 2.24) is 9.97 Å². The van der Waals surface area contributed by atoms with Crippen LogP contribution in [0.2, 0.25) is 0 Å². The molecule has 23 heavy (non-hydrogen) atoms. The molecule has 0 fully saturated rings. The fraction of sp³-hybridized carbons (Fsp3) is 0.105. The summed E-state index contributed by atoms with van der Waals surface area (Å²) in [5, 5.41) is 0.960. The molecule has 0 radical (unpaired) electrons. The highest BCUT2D eigenvalue weighted by Gasteiger charge is 2.23. The minimum atomic E-state index is -0.607. The van der Waals surface area contributed by atoms with Gasteiger partial charge < -0.3 is 5.73 Å². The second kappa shape index (κ2) is 5.02. The molecule has 0 saturated heterocycles. The number of amides is 1. The zero-order chi connectivity index (χ0) is 16.0. The molecule has 112 valence electrons. The summed E-state index contributed by atoms with van der Waals surface area (Å²) in [6.45, 7) is 2.03. The molecule has 0 bridgehead atoms. The number of rotatable bonds is 2. The molecule has 1 atom stereocenters. The van der Waals surface area contributed by atoms with E-state index in [0.717, 1.165) is 22.2 Å². The number of allylic oxidation sites excluding steroid dienone is 1. The third kappa shape index (κ3) is 2.19. The maximum absolute atomic E-state index is 11.6. The van der Waals surface area contributed by atoms with Crippen LogP contribution in [-0.2, 0) is 0 Å². The Labute approximate surface area is 133 Å². The van der Waals surface area contributed by atoms with Crippen molar-refractivity contribution in [3.05, 3.63) is 76.7 Å². The monoisotopic (exact) mass is 301 g/mol. The Bertz CT molecular complexity index is 976. The lowest BCUT2D eigenvalue weighted by Gasteiger charge is -2.14. The lowest BCUT2D eigenvalue weighted by Crippen LogP contribution is -2.17. The Kier molecular flexibility index (Phi) is 2.98. The largest absolute Gasteiger partial charge is 0.363 e. The highest BCUT2D eigenvalue weighted by molar-refractivity contribution is 5.93. The number of nitrogens with two attached hydrogens (primary N) is 1. The van der Waals surface area contributed by atoms with E-state index in [1.54, 1.807) is 0 Å². The van der Waals surface area contributed by atoms with Gasteiger partial charge in [0.2, 0.25) is 5.82 Å². The van der Waals surface area contributed by atoms with Gasteiger partial charge in [-0.05, 0) is 30.2 Å². The first-order valence-electron chi connectivity index (χ1n) is 7.49. The minimum absolute atomic E-state index is 0.0107. The van der Waals surface area contributed by atoms with Gasteiger partial charge in [0.25, 0.3) is 5.91 Å². The van der Waals surface area contributed by atoms with E-state index in [1.165, 1.54) is 11.1 Å². The standard InChI is InChI=1S/C19H15N3O/c1-11-6-9-16-15(10-11)17(22-19(21-16)18(20)23)14-8-7-12-4-2-3-5-13(12)14/h2-10,14H,1H3,(H2,20,23). The van der Waals surface area contributed by atoms with Gasteiger partial charge in [-0.3, -0.25) is 4.79 Å². The molecule has 1 amide bonds. The van der Waals surface area contributed by atoms with Crippen molar-refractivity contribution in [1.29, 1.82) is 0 Å². The van der Waals surface area contributed by atoms with E-state index in [1.807, 2.05) is 31.2 Å². The summed E-state index contributed by atoms with van der Waals surface area (Å²) in [7, 11) is 0. The molecule has 0 aliphatic heterocycles. The predicted octanol–water partition coefficient (Wildman–Crippen LogP) is 3.20. The van der Waals surface area contributed by atoms with Crippen molar-refractivity contribution in [3.8, 4) is 0 Å². The molecular formula is C19H15N3O. The smallest absolute Gasteiger partial charge is 0.286 e. The van der Waals surface area contributed by atoms with Crippen molar-refractivity contribution in [2.75, 3.05) is 0 Å². The predicted molar refractivity (Wildman–Crippen MR) is 90.1 cm³/mol. The fourth-order valence-corrected chi connectivity index (χ4v) is 3.10. The maximum Gasteiger partial charge on any atom is 0.286 e. The number of hydrogen-bond acceptors (Lipinski definition) is 3. The number of carbonyl (C=O) groups is 1. The number of aryl methyl sites for hydroxylation is 1. The first kappa shape index (κ1) is 13.6. The Balaban J connectivity index is 2.01. The van der Waals surface area contributed by atoms with Crippen LogP contribution in [-0.4, -0.2) is 15.9 Å². The zero-order valence-corrected chi connectivity index (χ0v) is 12.7. The summed E-state index contributed by atoms with van der Waals surface area (Å²) in [6, 6.07) is 14.1. The van der Waals surface area contributed by atoms with E-state index in [2.05, 4.69) is 40.3 Å². The second-order valence-electron chi connectivity index (χ2n) is 5.78. The minimum Gasteiger partial charge on any atom is -0.363 e. The van der Waals surface area contributed by atoms with E-state index in [-0.39, 0.29) is 11.7 Å². The summed E-state index contributed by atoms with van der Waals surface area (Å²) in [5.41, 5.74) is 10.5. The Hall–Kier alpha value is -3.01. The number of benzene rings is 2. The summed E-state index contributed by atoms with van der Waals surface area (Å²) >= 11 is 0. The van der Waals surface area contributed by atoms with Crippen LogP contribution >= 0.6 is 0 Å². The molecule has 4 heteroatoms. The topological polar surface area (TPSA) is 68.9 Å². The Morgan fingerprint density at radius 3 is 2.78 bits per heavy atom. The van der Waals surface area contributed by atoms with E-state index in [9.17, 15) is 4.79 Å². The summed E-state index contributed by atoms with van der Waals surface area (Å²) < 4.78 is 0. The molecule has 1 heterocycles. The molecule has 2 N–H and O–H groups in total. The molecule has 1 aliphatic carbocycles. The van der Waals surface area contributed by atoms with Crippen molar-refractivity contribution in [2.24, 2.45) is 5.73 Å². The SMILES string of the molecule is Cc1ccc2nc(C(N)=O)nc(C3C=Cc4ccccc43)c2c1. The van der Waals surface area contributed by atoms with Gasteiger partial charge in [-0.1, -0.05) is 48.0 Å². The number of primary amides is 1. The number of hydrogen-bond donors (Lipinski definition) is 1. The van der Waals surface area contributed by atoms with Crippen molar-refractivity contribution >= 4 is 22.9 Å². The van der Waals surface area contributed by atoms with Crippen LogP contribution in [0.3, 0.4) is 0 Å². The van der Waals surface area contributed by atoms with Crippen LogP contribution in [0.15, 0.2) is 48.5 Å². The third-order valence-corrected chi connectivity index (χ3v) is 4.19. The zero-order valence-electron chi connectivity index (χ0n) is 12.7. The molecular weight excluding hydrogens is 286 g/mol. The van der Waals surface area contributed by atoms with Gasteiger partial charge in [-0.2, -0.15) is 0 Å². The first-order valence-corrected chi connectivity index (χ1v) is 7.49. The van der Waals surface area contributed by atoms with Gasteiger partial charge in [0.1, 0.15) is 0 Å². The van der Waals surface area contributed by atoms with Crippen LogP contribution in [0.1, 0.15) is 38.9 Å². The van der Waals surface area contributed by atoms with Gasteiger partial charge in [-0.15, -0.1) is 0 Å². The molecule has 3 aromatic rings. The van der Waals surface area contributed by atoms with Gasteiger partial charge in [-0.25, -0.2) is 9.97 Å². The molecule has 4 nitrogen and oxygen atoms in total.